The van der Waals surface area contributed by atoms with E-state index in [2.05, 4.69) is 5.32 Å². The molecule has 0 aliphatic rings. The number of aromatic hydroxyl groups is 2. The van der Waals surface area contributed by atoms with Crippen LogP contribution < -0.4 is 5.32 Å². The third-order valence-corrected chi connectivity index (χ3v) is 2.16. The molecule has 0 aromatic heterocycles. The standard InChI is InChI=1S/C11H14N2O2/c1-8(13-6-2-5-12)10-7-9(14)3-4-11(10)15/h3-4,7-8,13-15H,2,6H2,1H3. The Kier molecular flexibility index (Phi) is 3.95. The van der Waals surface area contributed by atoms with Crippen molar-refractivity contribution in [3.8, 4) is 17.6 Å². The highest BCUT2D eigenvalue weighted by Crippen LogP contribution is 2.27. The largest absolute Gasteiger partial charge is 0.508 e. The van der Waals surface area contributed by atoms with Crippen molar-refractivity contribution in [3.05, 3.63) is 23.8 Å². The molecule has 1 rings (SSSR count). The Labute approximate surface area is 88.8 Å². The molecule has 1 unspecified atom stereocenters. The Bertz CT molecular complexity index is 371. The Balaban J connectivity index is 2.69. The molecule has 4 heteroatoms. The smallest absolute Gasteiger partial charge is 0.120 e. The quantitative estimate of drug-likeness (QED) is 0.517. The molecule has 0 spiro atoms. The fourth-order valence-electron chi connectivity index (χ4n) is 1.34. The van der Waals surface area contributed by atoms with Gasteiger partial charge in [-0.05, 0) is 25.1 Å². The number of benzene rings is 1. The molecule has 0 aliphatic heterocycles. The summed E-state index contributed by atoms with van der Waals surface area (Å²) in [4.78, 5) is 0. The number of rotatable bonds is 4. The molecule has 0 fully saturated rings. The molecule has 0 radical (unpaired) electrons. The van der Waals surface area contributed by atoms with Crippen molar-refractivity contribution in [2.45, 2.75) is 19.4 Å². The predicted octanol–water partition coefficient (Wildman–Crippen LogP) is 1.66. The molecule has 0 amide bonds. The Morgan fingerprint density at radius 3 is 2.87 bits per heavy atom. The van der Waals surface area contributed by atoms with Gasteiger partial charge in [-0.2, -0.15) is 5.26 Å². The molecule has 4 nitrogen and oxygen atoms in total. The van der Waals surface area contributed by atoms with Crippen LogP contribution in [0.15, 0.2) is 18.2 Å². The Hall–Kier alpha value is -1.73. The van der Waals surface area contributed by atoms with Crippen LogP contribution in [0.4, 0.5) is 0 Å². The van der Waals surface area contributed by atoms with Crippen molar-refractivity contribution in [1.29, 1.82) is 5.26 Å². The third-order valence-electron chi connectivity index (χ3n) is 2.16. The number of hydrogen-bond acceptors (Lipinski definition) is 4. The van der Waals surface area contributed by atoms with E-state index < -0.39 is 0 Å². The number of nitrogens with one attached hydrogen (secondary N) is 1. The van der Waals surface area contributed by atoms with Crippen LogP contribution in [0.25, 0.3) is 0 Å². The molecule has 1 atom stereocenters. The molecule has 15 heavy (non-hydrogen) atoms. The number of nitriles is 1. The fourth-order valence-corrected chi connectivity index (χ4v) is 1.34. The minimum atomic E-state index is -0.0922. The second-order valence-electron chi connectivity index (χ2n) is 3.33. The van der Waals surface area contributed by atoms with E-state index in [0.717, 1.165) is 0 Å². The minimum absolute atomic E-state index is 0.0922. The van der Waals surface area contributed by atoms with Gasteiger partial charge in [0, 0.05) is 24.6 Å². The number of phenolic OH excluding ortho intramolecular Hbond substituents is 2. The summed E-state index contributed by atoms with van der Waals surface area (Å²) < 4.78 is 0. The van der Waals surface area contributed by atoms with E-state index in [-0.39, 0.29) is 17.5 Å². The normalized spacial score (nSPS) is 12.0. The third kappa shape index (κ3) is 3.15. The predicted molar refractivity (Wildman–Crippen MR) is 56.4 cm³/mol. The van der Waals surface area contributed by atoms with Crippen LogP contribution in [0.1, 0.15) is 24.9 Å². The summed E-state index contributed by atoms with van der Waals surface area (Å²) in [5, 5.41) is 30.3. The van der Waals surface area contributed by atoms with Gasteiger partial charge in [-0.1, -0.05) is 0 Å². The summed E-state index contributed by atoms with van der Waals surface area (Å²) in [6.45, 7) is 2.43. The van der Waals surface area contributed by atoms with Crippen molar-refractivity contribution < 1.29 is 10.2 Å². The SMILES string of the molecule is CC(NCCC#N)c1cc(O)ccc1O. The highest BCUT2D eigenvalue weighted by atomic mass is 16.3. The molecular weight excluding hydrogens is 192 g/mol. The molecule has 80 valence electrons. The van der Waals surface area contributed by atoms with E-state index in [9.17, 15) is 10.2 Å². The zero-order chi connectivity index (χ0) is 11.3. The van der Waals surface area contributed by atoms with Crippen LogP contribution in [0.2, 0.25) is 0 Å². The van der Waals surface area contributed by atoms with Crippen LogP contribution in [0, 0.1) is 11.3 Å². The number of phenols is 2. The molecule has 3 N–H and O–H groups in total. The number of nitrogens with zero attached hydrogens (tertiary/aromatic N) is 1. The molecule has 1 aromatic carbocycles. The topological polar surface area (TPSA) is 76.3 Å². The zero-order valence-electron chi connectivity index (χ0n) is 8.57. The van der Waals surface area contributed by atoms with E-state index in [0.29, 0.717) is 18.5 Å². The average molecular weight is 206 g/mol. The lowest BCUT2D eigenvalue weighted by Crippen LogP contribution is -2.19. The molecule has 0 saturated carbocycles. The van der Waals surface area contributed by atoms with Gasteiger partial charge in [0.25, 0.3) is 0 Å². The van der Waals surface area contributed by atoms with Crippen LogP contribution in [-0.2, 0) is 0 Å². The maximum atomic E-state index is 9.55. The van der Waals surface area contributed by atoms with E-state index in [1.165, 1.54) is 18.2 Å². The second-order valence-corrected chi connectivity index (χ2v) is 3.33. The maximum Gasteiger partial charge on any atom is 0.120 e. The molecular formula is C11H14N2O2. The first-order chi connectivity index (χ1) is 7.15. The number of hydrogen-bond donors (Lipinski definition) is 3. The van der Waals surface area contributed by atoms with E-state index in [1.54, 1.807) is 0 Å². The summed E-state index contributed by atoms with van der Waals surface area (Å²) in [6.07, 6.45) is 0.421. The zero-order valence-corrected chi connectivity index (χ0v) is 8.57. The summed E-state index contributed by atoms with van der Waals surface area (Å²) >= 11 is 0. The second kappa shape index (κ2) is 5.23. The average Bonchev–Trinajstić information content (AvgIpc) is 2.22. The first-order valence-electron chi connectivity index (χ1n) is 4.77. The minimum Gasteiger partial charge on any atom is -0.508 e. The van der Waals surface area contributed by atoms with Gasteiger partial charge in [0.2, 0.25) is 0 Å². The summed E-state index contributed by atoms with van der Waals surface area (Å²) in [7, 11) is 0. The first-order valence-corrected chi connectivity index (χ1v) is 4.77. The summed E-state index contributed by atoms with van der Waals surface area (Å²) in [5.41, 5.74) is 0.632. The molecule has 0 saturated heterocycles. The van der Waals surface area contributed by atoms with Gasteiger partial charge in [-0.15, -0.1) is 0 Å². The first kappa shape index (κ1) is 11.3. The molecule has 0 bridgehead atoms. The highest BCUT2D eigenvalue weighted by molar-refractivity contribution is 5.40. The van der Waals surface area contributed by atoms with Gasteiger partial charge in [-0.25, -0.2) is 0 Å². The lowest BCUT2D eigenvalue weighted by molar-refractivity contribution is 0.441. The lowest BCUT2D eigenvalue weighted by Gasteiger charge is -2.14. The summed E-state index contributed by atoms with van der Waals surface area (Å²) in [5.74, 6) is 0.265. The van der Waals surface area contributed by atoms with E-state index in [4.69, 9.17) is 5.26 Å². The van der Waals surface area contributed by atoms with Gasteiger partial charge >= 0.3 is 0 Å². The lowest BCUT2D eigenvalue weighted by atomic mass is 10.1. The fraction of sp³-hybridized carbons (Fsp3) is 0.364. The Morgan fingerprint density at radius 2 is 2.20 bits per heavy atom. The molecule has 0 heterocycles. The summed E-state index contributed by atoms with van der Waals surface area (Å²) in [6, 6.07) is 6.33. The Morgan fingerprint density at radius 1 is 1.47 bits per heavy atom. The van der Waals surface area contributed by atoms with Gasteiger partial charge in [-0.3, -0.25) is 0 Å². The van der Waals surface area contributed by atoms with Crippen molar-refractivity contribution in [2.75, 3.05) is 6.54 Å². The van der Waals surface area contributed by atoms with E-state index >= 15 is 0 Å². The van der Waals surface area contributed by atoms with E-state index in [1.807, 2.05) is 13.0 Å². The van der Waals surface area contributed by atoms with Crippen molar-refractivity contribution in [2.24, 2.45) is 0 Å². The highest BCUT2D eigenvalue weighted by Gasteiger charge is 2.09. The van der Waals surface area contributed by atoms with Gasteiger partial charge in [0.05, 0.1) is 6.07 Å². The van der Waals surface area contributed by atoms with Crippen LogP contribution in [0.3, 0.4) is 0 Å². The van der Waals surface area contributed by atoms with Crippen molar-refractivity contribution in [1.82, 2.24) is 5.32 Å². The van der Waals surface area contributed by atoms with Gasteiger partial charge < -0.3 is 15.5 Å². The van der Waals surface area contributed by atoms with Crippen LogP contribution >= 0.6 is 0 Å². The van der Waals surface area contributed by atoms with Crippen LogP contribution in [0.5, 0.6) is 11.5 Å². The van der Waals surface area contributed by atoms with Gasteiger partial charge in [0.1, 0.15) is 11.5 Å². The molecule has 0 aliphatic carbocycles. The van der Waals surface area contributed by atoms with Gasteiger partial charge in [0.15, 0.2) is 0 Å². The maximum absolute atomic E-state index is 9.55. The van der Waals surface area contributed by atoms with Crippen LogP contribution in [-0.4, -0.2) is 16.8 Å². The van der Waals surface area contributed by atoms with Crippen molar-refractivity contribution >= 4 is 0 Å². The molecule has 1 aromatic rings. The monoisotopic (exact) mass is 206 g/mol. The van der Waals surface area contributed by atoms with Crippen molar-refractivity contribution in [3.63, 3.8) is 0 Å².